The standard InChI is InChI=1S/C12H15NO5/c1-7(2)18-6-11(15)13-9-4-3-8(12(16)17)5-10(9)14/h3-5,7,14H,6H2,1-2H3,(H,13,15)(H,16,17). The second kappa shape index (κ2) is 6.02. The number of amides is 1. The van der Waals surface area contributed by atoms with Crippen LogP contribution in [0.15, 0.2) is 18.2 Å². The molecule has 0 spiro atoms. The van der Waals surface area contributed by atoms with Crippen LogP contribution in [0, 0.1) is 0 Å². The lowest BCUT2D eigenvalue weighted by molar-refractivity contribution is -0.121. The number of ether oxygens (including phenoxy) is 1. The van der Waals surface area contributed by atoms with Crippen molar-refractivity contribution in [3.8, 4) is 5.75 Å². The Kier molecular flexibility index (Phi) is 4.67. The minimum atomic E-state index is -1.15. The van der Waals surface area contributed by atoms with Gasteiger partial charge in [0, 0.05) is 0 Å². The zero-order valence-electron chi connectivity index (χ0n) is 10.1. The van der Waals surface area contributed by atoms with E-state index in [2.05, 4.69) is 5.32 Å². The Hall–Kier alpha value is -2.08. The molecule has 0 aromatic heterocycles. The number of nitrogens with one attached hydrogen (secondary N) is 1. The Bertz CT molecular complexity index is 456. The van der Waals surface area contributed by atoms with Gasteiger partial charge in [-0.1, -0.05) is 0 Å². The molecule has 1 rings (SSSR count). The normalized spacial score (nSPS) is 10.4. The molecule has 6 nitrogen and oxygen atoms in total. The van der Waals surface area contributed by atoms with Crippen molar-refractivity contribution < 1.29 is 24.5 Å². The molecule has 18 heavy (non-hydrogen) atoms. The first-order valence-electron chi connectivity index (χ1n) is 5.38. The van der Waals surface area contributed by atoms with Gasteiger partial charge in [0.1, 0.15) is 12.4 Å². The predicted molar refractivity (Wildman–Crippen MR) is 64.8 cm³/mol. The lowest BCUT2D eigenvalue weighted by atomic mass is 10.2. The van der Waals surface area contributed by atoms with Crippen molar-refractivity contribution in [2.75, 3.05) is 11.9 Å². The van der Waals surface area contributed by atoms with Gasteiger partial charge < -0.3 is 20.3 Å². The highest BCUT2D eigenvalue weighted by Crippen LogP contribution is 2.24. The van der Waals surface area contributed by atoms with Gasteiger partial charge in [0.2, 0.25) is 5.91 Å². The lowest BCUT2D eigenvalue weighted by Gasteiger charge is -2.10. The van der Waals surface area contributed by atoms with Crippen LogP contribution in [0.5, 0.6) is 5.75 Å². The molecule has 1 amide bonds. The maximum atomic E-state index is 11.4. The topological polar surface area (TPSA) is 95.9 Å². The number of carbonyl (C=O) groups is 2. The Morgan fingerprint density at radius 1 is 1.39 bits per heavy atom. The van der Waals surface area contributed by atoms with E-state index in [0.717, 1.165) is 6.07 Å². The molecule has 0 radical (unpaired) electrons. The molecule has 0 aliphatic rings. The van der Waals surface area contributed by atoms with Crippen LogP contribution in [-0.2, 0) is 9.53 Å². The molecule has 0 saturated carbocycles. The summed E-state index contributed by atoms with van der Waals surface area (Å²) in [5, 5.41) is 20.7. The third-order valence-corrected chi connectivity index (χ3v) is 2.07. The summed E-state index contributed by atoms with van der Waals surface area (Å²) in [7, 11) is 0. The average molecular weight is 253 g/mol. The predicted octanol–water partition coefficient (Wildman–Crippen LogP) is 1.45. The third-order valence-electron chi connectivity index (χ3n) is 2.07. The molecule has 0 saturated heterocycles. The molecule has 0 bridgehead atoms. The van der Waals surface area contributed by atoms with Crippen molar-refractivity contribution >= 4 is 17.6 Å². The Labute approximate surface area is 104 Å². The van der Waals surface area contributed by atoms with Crippen molar-refractivity contribution in [2.45, 2.75) is 20.0 Å². The zero-order valence-corrected chi connectivity index (χ0v) is 10.1. The average Bonchev–Trinajstić information content (AvgIpc) is 2.29. The second-order valence-corrected chi connectivity index (χ2v) is 3.95. The summed E-state index contributed by atoms with van der Waals surface area (Å²) in [4.78, 5) is 22.1. The fraction of sp³-hybridized carbons (Fsp3) is 0.333. The number of carbonyl (C=O) groups excluding carboxylic acids is 1. The smallest absolute Gasteiger partial charge is 0.335 e. The number of aromatic hydroxyl groups is 1. The molecule has 6 heteroatoms. The van der Waals surface area contributed by atoms with E-state index in [9.17, 15) is 14.7 Å². The van der Waals surface area contributed by atoms with E-state index in [-0.39, 0.29) is 29.7 Å². The van der Waals surface area contributed by atoms with Crippen LogP contribution >= 0.6 is 0 Å². The summed E-state index contributed by atoms with van der Waals surface area (Å²) in [6, 6.07) is 3.69. The molecular weight excluding hydrogens is 238 g/mol. The highest BCUT2D eigenvalue weighted by atomic mass is 16.5. The lowest BCUT2D eigenvalue weighted by Crippen LogP contribution is -2.20. The number of aromatic carboxylic acids is 1. The van der Waals surface area contributed by atoms with E-state index in [1.807, 2.05) is 0 Å². The first-order chi connectivity index (χ1) is 8.40. The van der Waals surface area contributed by atoms with Gasteiger partial charge in [0.05, 0.1) is 17.4 Å². The zero-order chi connectivity index (χ0) is 13.7. The number of phenols is 1. The molecule has 0 atom stereocenters. The summed E-state index contributed by atoms with van der Waals surface area (Å²) < 4.78 is 5.09. The minimum Gasteiger partial charge on any atom is -0.506 e. The van der Waals surface area contributed by atoms with Gasteiger partial charge in [0.15, 0.2) is 0 Å². The van der Waals surface area contributed by atoms with Crippen LogP contribution in [0.2, 0.25) is 0 Å². The molecule has 1 aromatic carbocycles. The Morgan fingerprint density at radius 3 is 2.56 bits per heavy atom. The molecule has 1 aromatic rings. The molecular formula is C12H15NO5. The van der Waals surface area contributed by atoms with Crippen molar-refractivity contribution in [3.05, 3.63) is 23.8 Å². The van der Waals surface area contributed by atoms with Crippen LogP contribution in [0.3, 0.4) is 0 Å². The number of hydrogen-bond donors (Lipinski definition) is 3. The number of anilines is 1. The SMILES string of the molecule is CC(C)OCC(=O)Nc1ccc(C(=O)O)cc1O. The van der Waals surface area contributed by atoms with Crippen LogP contribution < -0.4 is 5.32 Å². The number of carboxylic acid groups (broad SMARTS) is 1. The van der Waals surface area contributed by atoms with Gasteiger partial charge in [-0.2, -0.15) is 0 Å². The number of rotatable bonds is 5. The number of carboxylic acids is 1. The van der Waals surface area contributed by atoms with E-state index >= 15 is 0 Å². The molecule has 0 unspecified atom stereocenters. The maximum absolute atomic E-state index is 11.4. The van der Waals surface area contributed by atoms with Gasteiger partial charge in [0.25, 0.3) is 0 Å². The van der Waals surface area contributed by atoms with E-state index in [1.165, 1.54) is 12.1 Å². The van der Waals surface area contributed by atoms with Crippen LogP contribution in [-0.4, -0.2) is 34.8 Å². The van der Waals surface area contributed by atoms with E-state index in [0.29, 0.717) is 0 Å². The van der Waals surface area contributed by atoms with Gasteiger partial charge >= 0.3 is 5.97 Å². The van der Waals surface area contributed by atoms with Crippen molar-refractivity contribution in [1.82, 2.24) is 0 Å². The summed E-state index contributed by atoms with van der Waals surface area (Å²) in [6.07, 6.45) is -0.0706. The first kappa shape index (κ1) is 14.0. The van der Waals surface area contributed by atoms with Crippen LogP contribution in [0.4, 0.5) is 5.69 Å². The highest BCUT2D eigenvalue weighted by Gasteiger charge is 2.10. The van der Waals surface area contributed by atoms with Crippen LogP contribution in [0.25, 0.3) is 0 Å². The number of benzene rings is 1. The van der Waals surface area contributed by atoms with Crippen molar-refractivity contribution in [1.29, 1.82) is 0 Å². The molecule has 0 aliphatic carbocycles. The minimum absolute atomic E-state index is 0.0519. The molecule has 3 N–H and O–H groups in total. The molecule has 98 valence electrons. The van der Waals surface area contributed by atoms with E-state index < -0.39 is 11.9 Å². The third kappa shape index (κ3) is 4.06. The van der Waals surface area contributed by atoms with Gasteiger partial charge in [-0.3, -0.25) is 4.79 Å². The monoisotopic (exact) mass is 253 g/mol. The van der Waals surface area contributed by atoms with Crippen LogP contribution in [0.1, 0.15) is 24.2 Å². The summed E-state index contributed by atoms with van der Waals surface area (Å²) in [6.45, 7) is 3.47. The number of hydrogen-bond acceptors (Lipinski definition) is 4. The van der Waals surface area contributed by atoms with E-state index in [1.54, 1.807) is 13.8 Å². The summed E-state index contributed by atoms with van der Waals surface area (Å²) >= 11 is 0. The summed E-state index contributed by atoms with van der Waals surface area (Å²) in [5.41, 5.74) is 0.0984. The molecule has 0 fully saturated rings. The Morgan fingerprint density at radius 2 is 2.06 bits per heavy atom. The quantitative estimate of drug-likeness (QED) is 0.690. The van der Waals surface area contributed by atoms with Gasteiger partial charge in [-0.25, -0.2) is 4.79 Å². The first-order valence-corrected chi connectivity index (χ1v) is 5.38. The Balaban J connectivity index is 2.68. The van der Waals surface area contributed by atoms with Gasteiger partial charge in [-0.05, 0) is 32.0 Å². The largest absolute Gasteiger partial charge is 0.506 e. The fourth-order valence-corrected chi connectivity index (χ4v) is 1.20. The number of phenolic OH excluding ortho intramolecular Hbond substituents is 1. The maximum Gasteiger partial charge on any atom is 0.335 e. The molecule has 0 heterocycles. The van der Waals surface area contributed by atoms with E-state index in [4.69, 9.17) is 9.84 Å². The van der Waals surface area contributed by atoms with Crippen molar-refractivity contribution in [3.63, 3.8) is 0 Å². The fourth-order valence-electron chi connectivity index (χ4n) is 1.20. The highest BCUT2D eigenvalue weighted by molar-refractivity contribution is 5.95. The summed E-state index contributed by atoms with van der Waals surface area (Å²) in [5.74, 6) is -1.86. The van der Waals surface area contributed by atoms with Gasteiger partial charge in [-0.15, -0.1) is 0 Å². The second-order valence-electron chi connectivity index (χ2n) is 3.95. The molecule has 0 aliphatic heterocycles. The van der Waals surface area contributed by atoms with Crippen molar-refractivity contribution in [2.24, 2.45) is 0 Å².